The van der Waals surface area contributed by atoms with Gasteiger partial charge >= 0.3 is 0 Å². The number of aldehydes is 1. The van der Waals surface area contributed by atoms with Gasteiger partial charge in [-0.1, -0.05) is 6.07 Å². The first kappa shape index (κ1) is 8.49. The first-order valence-electron chi connectivity index (χ1n) is 3.89. The normalized spacial score (nSPS) is 14.9. The Bertz CT molecular complexity index is 415. The molecule has 0 spiro atoms. The molecule has 0 saturated heterocycles. The van der Waals surface area contributed by atoms with Crippen LogP contribution in [-0.2, 0) is 0 Å². The molecule has 1 aromatic carbocycles. The lowest BCUT2D eigenvalue weighted by atomic mass is 10.1. The fourth-order valence-electron chi connectivity index (χ4n) is 1.13. The summed E-state index contributed by atoms with van der Waals surface area (Å²) >= 11 is 0. The Hall–Kier alpha value is -2.11. The van der Waals surface area contributed by atoms with E-state index in [0.717, 1.165) is 0 Å². The second-order valence-electron chi connectivity index (χ2n) is 2.72. The number of phenolic OH excluding ortho intramolecular Hbond substituents is 1. The average Bonchev–Trinajstić information content (AvgIpc) is 2.71. The molecule has 2 rings (SSSR count). The molecule has 0 fully saturated rings. The lowest BCUT2D eigenvalue weighted by Gasteiger charge is -2.03. The van der Waals surface area contributed by atoms with Crippen LogP contribution in [0.25, 0.3) is 0 Å². The minimum absolute atomic E-state index is 0.0596. The Labute approximate surface area is 79.0 Å². The molecule has 0 atom stereocenters. The molecule has 1 aromatic rings. The van der Waals surface area contributed by atoms with Crippen LogP contribution in [0.5, 0.6) is 5.75 Å². The van der Waals surface area contributed by atoms with E-state index < -0.39 is 6.17 Å². The Morgan fingerprint density at radius 3 is 2.64 bits per heavy atom. The molecule has 1 aliphatic rings. The van der Waals surface area contributed by atoms with E-state index in [0.29, 0.717) is 11.8 Å². The minimum atomic E-state index is -0.491. The molecule has 0 bridgehead atoms. The van der Waals surface area contributed by atoms with E-state index >= 15 is 0 Å². The second-order valence-corrected chi connectivity index (χ2v) is 2.72. The van der Waals surface area contributed by atoms with Crippen LogP contribution in [0.4, 0.5) is 0 Å². The van der Waals surface area contributed by atoms with Crippen molar-refractivity contribution in [2.45, 2.75) is 6.17 Å². The Kier molecular flexibility index (Phi) is 2.02. The molecular formula is C8H6N4O2. The molecule has 1 heterocycles. The van der Waals surface area contributed by atoms with Gasteiger partial charge in [0.25, 0.3) is 0 Å². The fraction of sp³-hybridized carbons (Fsp3) is 0.125. The van der Waals surface area contributed by atoms with Crippen LogP contribution >= 0.6 is 0 Å². The molecular weight excluding hydrogens is 184 g/mol. The van der Waals surface area contributed by atoms with E-state index in [-0.39, 0.29) is 11.3 Å². The van der Waals surface area contributed by atoms with Crippen LogP contribution in [0.1, 0.15) is 22.1 Å². The summed E-state index contributed by atoms with van der Waals surface area (Å²) in [4.78, 5) is 10.5. The van der Waals surface area contributed by atoms with Gasteiger partial charge in [0.15, 0.2) is 6.29 Å². The van der Waals surface area contributed by atoms with Crippen LogP contribution in [-0.4, -0.2) is 11.4 Å². The van der Waals surface area contributed by atoms with E-state index in [1.807, 2.05) is 0 Å². The van der Waals surface area contributed by atoms with Crippen LogP contribution in [0.15, 0.2) is 38.9 Å². The second kappa shape index (κ2) is 3.33. The third kappa shape index (κ3) is 1.37. The summed E-state index contributed by atoms with van der Waals surface area (Å²) in [5.74, 6) is -0.0596. The molecule has 0 unspecified atom stereocenters. The van der Waals surface area contributed by atoms with E-state index in [1.165, 1.54) is 12.1 Å². The third-order valence-corrected chi connectivity index (χ3v) is 1.84. The van der Waals surface area contributed by atoms with Gasteiger partial charge in [-0.25, -0.2) is 0 Å². The van der Waals surface area contributed by atoms with E-state index in [9.17, 15) is 9.90 Å². The summed E-state index contributed by atoms with van der Waals surface area (Å²) in [6.07, 6.45) is 0.0801. The molecule has 0 radical (unpaired) electrons. The number of aromatic hydroxyl groups is 1. The predicted octanol–water partition coefficient (Wildman–Crippen LogP) is 2.04. The fourth-order valence-corrected chi connectivity index (χ4v) is 1.13. The van der Waals surface area contributed by atoms with Crippen molar-refractivity contribution in [2.24, 2.45) is 20.7 Å². The van der Waals surface area contributed by atoms with Gasteiger partial charge in [0.2, 0.25) is 6.17 Å². The van der Waals surface area contributed by atoms with Crippen molar-refractivity contribution < 1.29 is 9.90 Å². The van der Waals surface area contributed by atoms with E-state index in [1.54, 1.807) is 6.07 Å². The smallest absolute Gasteiger partial charge is 0.210 e. The molecule has 1 N–H and O–H groups in total. The summed E-state index contributed by atoms with van der Waals surface area (Å²) < 4.78 is 0. The zero-order valence-electron chi connectivity index (χ0n) is 7.03. The third-order valence-electron chi connectivity index (χ3n) is 1.84. The van der Waals surface area contributed by atoms with Crippen LogP contribution in [0.3, 0.4) is 0 Å². The van der Waals surface area contributed by atoms with Gasteiger partial charge in [-0.05, 0) is 22.6 Å². The van der Waals surface area contributed by atoms with Gasteiger partial charge in [-0.3, -0.25) is 4.79 Å². The van der Waals surface area contributed by atoms with Crippen molar-refractivity contribution in [1.29, 1.82) is 0 Å². The largest absolute Gasteiger partial charge is 0.507 e. The number of hydrogen-bond acceptors (Lipinski definition) is 6. The van der Waals surface area contributed by atoms with E-state index in [4.69, 9.17) is 0 Å². The molecule has 14 heavy (non-hydrogen) atoms. The van der Waals surface area contributed by atoms with Crippen LogP contribution in [0.2, 0.25) is 0 Å². The van der Waals surface area contributed by atoms with Gasteiger partial charge in [-0.15, -0.1) is 10.2 Å². The minimum Gasteiger partial charge on any atom is -0.507 e. The highest BCUT2D eigenvalue weighted by Crippen LogP contribution is 2.27. The molecule has 0 amide bonds. The number of nitrogens with zero attached hydrogens (tertiary/aromatic N) is 4. The zero-order chi connectivity index (χ0) is 9.97. The van der Waals surface area contributed by atoms with Crippen molar-refractivity contribution >= 4 is 6.29 Å². The Morgan fingerprint density at radius 1 is 1.29 bits per heavy atom. The Balaban J connectivity index is 2.40. The van der Waals surface area contributed by atoms with Crippen molar-refractivity contribution in [3.05, 3.63) is 29.3 Å². The van der Waals surface area contributed by atoms with E-state index in [2.05, 4.69) is 20.7 Å². The summed E-state index contributed by atoms with van der Waals surface area (Å²) in [5.41, 5.74) is 0.884. The number of benzene rings is 1. The van der Waals surface area contributed by atoms with Gasteiger partial charge in [0.05, 0.1) is 5.56 Å². The predicted molar refractivity (Wildman–Crippen MR) is 45.9 cm³/mol. The van der Waals surface area contributed by atoms with Gasteiger partial charge in [0.1, 0.15) is 5.75 Å². The number of rotatable bonds is 2. The van der Waals surface area contributed by atoms with Crippen molar-refractivity contribution in [2.75, 3.05) is 0 Å². The summed E-state index contributed by atoms with van der Waals surface area (Å²) in [6.45, 7) is 0. The van der Waals surface area contributed by atoms with Crippen LogP contribution in [0, 0.1) is 0 Å². The van der Waals surface area contributed by atoms with Crippen molar-refractivity contribution in [3.8, 4) is 5.75 Å². The number of phenols is 1. The molecule has 0 aliphatic carbocycles. The maximum atomic E-state index is 10.5. The number of carbonyl (C=O) groups excluding carboxylic acids is 1. The van der Waals surface area contributed by atoms with Gasteiger partial charge in [0, 0.05) is 5.56 Å². The Morgan fingerprint density at radius 2 is 2.00 bits per heavy atom. The highest BCUT2D eigenvalue weighted by Gasteiger charge is 2.14. The average molecular weight is 190 g/mol. The zero-order valence-corrected chi connectivity index (χ0v) is 7.03. The summed E-state index contributed by atoms with van der Waals surface area (Å²) in [5, 5.41) is 23.4. The standard InChI is InChI=1S/C8H6N4O2/c13-4-6-3-5(1-2-7(6)14)8-9-11-12-10-8/h1-4,8,14H. The quantitative estimate of drug-likeness (QED) is 0.723. The SMILES string of the molecule is O=Cc1cc(C2N=NN=N2)ccc1O. The number of carbonyl (C=O) groups is 1. The molecule has 6 heteroatoms. The molecule has 0 aromatic heterocycles. The lowest BCUT2D eigenvalue weighted by molar-refractivity contribution is 0.112. The number of hydrogen-bond donors (Lipinski definition) is 1. The summed E-state index contributed by atoms with van der Waals surface area (Å²) in [6, 6.07) is 4.55. The maximum absolute atomic E-state index is 10.5. The topological polar surface area (TPSA) is 86.7 Å². The molecule has 6 nitrogen and oxygen atoms in total. The highest BCUT2D eigenvalue weighted by atomic mass is 16.3. The maximum Gasteiger partial charge on any atom is 0.210 e. The van der Waals surface area contributed by atoms with Crippen molar-refractivity contribution in [1.82, 2.24) is 0 Å². The summed E-state index contributed by atoms with van der Waals surface area (Å²) in [7, 11) is 0. The molecule has 0 saturated carbocycles. The molecule has 1 aliphatic heterocycles. The van der Waals surface area contributed by atoms with Gasteiger partial charge < -0.3 is 5.11 Å². The lowest BCUT2D eigenvalue weighted by Crippen LogP contribution is -1.91. The monoisotopic (exact) mass is 190 g/mol. The van der Waals surface area contributed by atoms with Crippen LogP contribution < -0.4 is 0 Å². The first-order valence-corrected chi connectivity index (χ1v) is 3.89. The van der Waals surface area contributed by atoms with Gasteiger partial charge in [-0.2, -0.15) is 0 Å². The molecule has 70 valence electrons. The van der Waals surface area contributed by atoms with Crippen molar-refractivity contribution in [3.63, 3.8) is 0 Å². The highest BCUT2D eigenvalue weighted by molar-refractivity contribution is 5.79. The first-order chi connectivity index (χ1) is 6.81.